The SMILES string of the molecule is Cc1ccc(C)c(OC(C)c2cc(-c3ccc(N)cc3)n[nH]2)c1. The zero-order chi connectivity index (χ0) is 16.4. The van der Waals surface area contributed by atoms with Crippen LogP contribution in [0, 0.1) is 13.8 Å². The second kappa shape index (κ2) is 6.16. The van der Waals surface area contributed by atoms with Gasteiger partial charge < -0.3 is 10.5 Å². The van der Waals surface area contributed by atoms with Crippen LogP contribution >= 0.6 is 0 Å². The van der Waals surface area contributed by atoms with Gasteiger partial charge in [0.15, 0.2) is 0 Å². The predicted octanol–water partition coefficient (Wildman–Crippen LogP) is 4.42. The summed E-state index contributed by atoms with van der Waals surface area (Å²) in [4.78, 5) is 0. The molecule has 3 rings (SSSR count). The van der Waals surface area contributed by atoms with E-state index in [1.165, 1.54) is 5.56 Å². The lowest BCUT2D eigenvalue weighted by Gasteiger charge is -2.15. The standard InChI is InChI=1S/C19H21N3O/c1-12-4-5-13(2)19(10-12)23-14(3)17-11-18(22-21-17)15-6-8-16(20)9-7-15/h4-11,14H,20H2,1-3H3,(H,21,22). The minimum atomic E-state index is -0.106. The molecule has 0 radical (unpaired) electrons. The topological polar surface area (TPSA) is 63.9 Å². The van der Waals surface area contributed by atoms with Gasteiger partial charge in [0, 0.05) is 11.3 Å². The van der Waals surface area contributed by atoms with Crippen molar-refractivity contribution in [2.24, 2.45) is 0 Å². The molecule has 4 heteroatoms. The Morgan fingerprint density at radius 3 is 2.52 bits per heavy atom. The van der Waals surface area contributed by atoms with Crippen LogP contribution in [0.15, 0.2) is 48.5 Å². The normalized spacial score (nSPS) is 12.1. The van der Waals surface area contributed by atoms with Gasteiger partial charge in [-0.15, -0.1) is 0 Å². The number of nitrogens with zero attached hydrogens (tertiary/aromatic N) is 1. The van der Waals surface area contributed by atoms with E-state index in [9.17, 15) is 0 Å². The van der Waals surface area contributed by atoms with E-state index >= 15 is 0 Å². The van der Waals surface area contributed by atoms with E-state index in [1.54, 1.807) is 0 Å². The summed E-state index contributed by atoms with van der Waals surface area (Å²) in [5.41, 5.74) is 11.6. The largest absolute Gasteiger partial charge is 0.484 e. The fourth-order valence-electron chi connectivity index (χ4n) is 2.43. The van der Waals surface area contributed by atoms with E-state index in [1.807, 2.05) is 44.2 Å². The van der Waals surface area contributed by atoms with E-state index in [-0.39, 0.29) is 6.10 Å². The van der Waals surface area contributed by atoms with Crippen LogP contribution in [-0.4, -0.2) is 10.2 Å². The van der Waals surface area contributed by atoms with Gasteiger partial charge in [-0.25, -0.2) is 0 Å². The Balaban J connectivity index is 1.79. The Kier molecular flexibility index (Phi) is 4.06. The second-order valence-corrected chi connectivity index (χ2v) is 5.86. The molecule has 3 aromatic rings. The van der Waals surface area contributed by atoms with Crippen LogP contribution in [-0.2, 0) is 0 Å². The number of aromatic amines is 1. The summed E-state index contributed by atoms with van der Waals surface area (Å²) in [7, 11) is 0. The average molecular weight is 307 g/mol. The molecule has 1 heterocycles. The van der Waals surface area contributed by atoms with Crippen molar-refractivity contribution in [2.75, 3.05) is 5.73 Å². The number of ether oxygens (including phenoxy) is 1. The number of nitrogen functional groups attached to an aromatic ring is 1. The Morgan fingerprint density at radius 1 is 1.04 bits per heavy atom. The molecule has 0 spiro atoms. The number of rotatable bonds is 4. The van der Waals surface area contributed by atoms with Gasteiger partial charge in [-0.2, -0.15) is 5.10 Å². The highest BCUT2D eigenvalue weighted by atomic mass is 16.5. The van der Waals surface area contributed by atoms with E-state index in [2.05, 4.69) is 35.3 Å². The Labute approximate surface area is 136 Å². The van der Waals surface area contributed by atoms with Gasteiger partial charge in [-0.05, 0) is 56.2 Å². The van der Waals surface area contributed by atoms with Crippen LogP contribution in [0.1, 0.15) is 29.8 Å². The van der Waals surface area contributed by atoms with Crippen molar-refractivity contribution in [3.63, 3.8) is 0 Å². The third kappa shape index (κ3) is 3.37. The monoisotopic (exact) mass is 307 g/mol. The molecule has 118 valence electrons. The van der Waals surface area contributed by atoms with Crippen molar-refractivity contribution in [3.8, 4) is 17.0 Å². The molecule has 2 aromatic carbocycles. The van der Waals surface area contributed by atoms with Gasteiger partial charge in [0.2, 0.25) is 0 Å². The third-order valence-electron chi connectivity index (χ3n) is 3.89. The van der Waals surface area contributed by atoms with Crippen molar-refractivity contribution in [1.29, 1.82) is 0 Å². The highest BCUT2D eigenvalue weighted by molar-refractivity contribution is 5.62. The van der Waals surface area contributed by atoms with Crippen LogP contribution < -0.4 is 10.5 Å². The fourth-order valence-corrected chi connectivity index (χ4v) is 2.43. The fraction of sp³-hybridized carbons (Fsp3) is 0.211. The molecular weight excluding hydrogens is 286 g/mol. The molecule has 1 aromatic heterocycles. The molecule has 0 saturated heterocycles. The molecule has 0 saturated carbocycles. The summed E-state index contributed by atoms with van der Waals surface area (Å²) < 4.78 is 6.09. The molecule has 0 aliphatic rings. The molecule has 0 fully saturated rings. The van der Waals surface area contributed by atoms with Crippen molar-refractivity contribution in [3.05, 3.63) is 65.4 Å². The Bertz CT molecular complexity index is 806. The van der Waals surface area contributed by atoms with Crippen LogP contribution in [0.4, 0.5) is 5.69 Å². The van der Waals surface area contributed by atoms with Crippen LogP contribution in [0.2, 0.25) is 0 Å². The average Bonchev–Trinajstić information content (AvgIpc) is 3.02. The highest BCUT2D eigenvalue weighted by Crippen LogP contribution is 2.27. The van der Waals surface area contributed by atoms with Gasteiger partial charge in [0.1, 0.15) is 11.9 Å². The van der Waals surface area contributed by atoms with Crippen LogP contribution in [0.3, 0.4) is 0 Å². The number of hydrogen-bond acceptors (Lipinski definition) is 3. The molecule has 0 amide bonds. The predicted molar refractivity (Wildman–Crippen MR) is 93.4 cm³/mol. The quantitative estimate of drug-likeness (QED) is 0.701. The van der Waals surface area contributed by atoms with E-state index < -0.39 is 0 Å². The molecule has 0 aliphatic heterocycles. The molecule has 0 aliphatic carbocycles. The number of anilines is 1. The van der Waals surface area contributed by atoms with Crippen molar-refractivity contribution in [2.45, 2.75) is 26.9 Å². The first kappa shape index (κ1) is 15.2. The summed E-state index contributed by atoms with van der Waals surface area (Å²) in [6, 6.07) is 15.9. The van der Waals surface area contributed by atoms with Gasteiger partial charge in [-0.3, -0.25) is 5.10 Å². The van der Waals surface area contributed by atoms with Gasteiger partial charge >= 0.3 is 0 Å². The number of hydrogen-bond donors (Lipinski definition) is 2. The first-order valence-corrected chi connectivity index (χ1v) is 7.68. The lowest BCUT2D eigenvalue weighted by atomic mass is 10.1. The maximum Gasteiger partial charge on any atom is 0.137 e. The summed E-state index contributed by atoms with van der Waals surface area (Å²) in [5, 5.41) is 7.44. The van der Waals surface area contributed by atoms with Crippen LogP contribution in [0.25, 0.3) is 11.3 Å². The molecule has 1 unspecified atom stereocenters. The molecular formula is C19H21N3O. The smallest absolute Gasteiger partial charge is 0.137 e. The van der Waals surface area contributed by atoms with Gasteiger partial charge in [0.05, 0.1) is 11.4 Å². The minimum Gasteiger partial charge on any atom is -0.484 e. The van der Waals surface area contributed by atoms with Gasteiger partial charge in [0.25, 0.3) is 0 Å². The lowest BCUT2D eigenvalue weighted by Crippen LogP contribution is -2.04. The molecule has 1 atom stereocenters. The molecule has 23 heavy (non-hydrogen) atoms. The number of aromatic nitrogens is 2. The Morgan fingerprint density at radius 2 is 1.78 bits per heavy atom. The summed E-state index contributed by atoms with van der Waals surface area (Å²) in [6.45, 7) is 6.13. The van der Waals surface area contributed by atoms with Crippen molar-refractivity contribution >= 4 is 5.69 Å². The zero-order valence-electron chi connectivity index (χ0n) is 13.6. The number of aryl methyl sites for hydroxylation is 2. The van der Waals surface area contributed by atoms with Crippen molar-refractivity contribution in [1.82, 2.24) is 10.2 Å². The first-order chi connectivity index (χ1) is 11.0. The lowest BCUT2D eigenvalue weighted by molar-refractivity contribution is 0.220. The minimum absolute atomic E-state index is 0.106. The number of benzene rings is 2. The van der Waals surface area contributed by atoms with Crippen molar-refractivity contribution < 1.29 is 4.74 Å². The summed E-state index contributed by atoms with van der Waals surface area (Å²) in [5.74, 6) is 0.904. The number of H-pyrrole nitrogens is 1. The highest BCUT2D eigenvalue weighted by Gasteiger charge is 2.13. The van der Waals surface area contributed by atoms with Gasteiger partial charge in [-0.1, -0.05) is 24.3 Å². The van der Waals surface area contributed by atoms with E-state index in [0.29, 0.717) is 0 Å². The summed E-state index contributed by atoms with van der Waals surface area (Å²) in [6.07, 6.45) is -0.106. The van der Waals surface area contributed by atoms with E-state index in [0.717, 1.165) is 34.0 Å². The Hall–Kier alpha value is -2.75. The number of nitrogens with two attached hydrogens (primary N) is 1. The second-order valence-electron chi connectivity index (χ2n) is 5.86. The zero-order valence-corrected chi connectivity index (χ0v) is 13.6. The maximum absolute atomic E-state index is 6.09. The summed E-state index contributed by atoms with van der Waals surface area (Å²) >= 11 is 0. The molecule has 3 N–H and O–H groups in total. The van der Waals surface area contributed by atoms with Crippen LogP contribution in [0.5, 0.6) is 5.75 Å². The maximum atomic E-state index is 6.09. The first-order valence-electron chi connectivity index (χ1n) is 7.68. The molecule has 4 nitrogen and oxygen atoms in total. The molecule has 0 bridgehead atoms. The number of nitrogens with one attached hydrogen (secondary N) is 1. The third-order valence-corrected chi connectivity index (χ3v) is 3.89. The van der Waals surface area contributed by atoms with E-state index in [4.69, 9.17) is 10.5 Å².